The lowest BCUT2D eigenvalue weighted by molar-refractivity contribution is -0.142. The number of benzene rings is 1. The van der Waals surface area contributed by atoms with Gasteiger partial charge in [-0.05, 0) is 49.8 Å². The second-order valence-electron chi connectivity index (χ2n) is 5.54. The normalized spacial score (nSPS) is 12.9. The summed E-state index contributed by atoms with van der Waals surface area (Å²) >= 11 is 0. The molecular weight excluding hydrogens is 274 g/mol. The van der Waals surface area contributed by atoms with Gasteiger partial charge in [0.1, 0.15) is 0 Å². The van der Waals surface area contributed by atoms with E-state index in [2.05, 4.69) is 55.0 Å². The van der Waals surface area contributed by atoms with Gasteiger partial charge >= 0.3 is 5.97 Å². The van der Waals surface area contributed by atoms with Gasteiger partial charge in [0.05, 0.1) is 6.61 Å². The lowest BCUT2D eigenvalue weighted by atomic mass is 10.1. The number of carbonyl (C=O) groups excluding carboxylic acids is 1. The zero-order valence-corrected chi connectivity index (χ0v) is 13.7. The lowest BCUT2D eigenvalue weighted by Gasteiger charge is -2.13. The molecule has 0 amide bonds. The summed E-state index contributed by atoms with van der Waals surface area (Å²) in [6.07, 6.45) is 8.54. The highest BCUT2D eigenvalue weighted by Crippen LogP contribution is 2.23. The van der Waals surface area contributed by atoms with Gasteiger partial charge in [0.25, 0.3) is 0 Å². The highest BCUT2D eigenvalue weighted by atomic mass is 16.5. The van der Waals surface area contributed by atoms with Gasteiger partial charge in [-0.25, -0.2) is 0 Å². The van der Waals surface area contributed by atoms with E-state index < -0.39 is 0 Å². The molecule has 2 rings (SSSR count). The van der Waals surface area contributed by atoms with Crippen LogP contribution in [0.15, 0.2) is 36.5 Å². The zero-order valence-electron chi connectivity index (χ0n) is 13.7. The lowest BCUT2D eigenvalue weighted by Crippen LogP contribution is -2.02. The molecule has 118 valence electrons. The first-order valence-corrected chi connectivity index (χ1v) is 8.08. The maximum atomic E-state index is 11.3. The Hall–Kier alpha value is -2.03. The van der Waals surface area contributed by atoms with Gasteiger partial charge in [-0.15, -0.1) is 0 Å². The molecule has 0 radical (unpaired) electrons. The molecule has 1 aromatic carbocycles. The molecule has 0 fully saturated rings. The van der Waals surface area contributed by atoms with Crippen molar-refractivity contribution in [1.29, 1.82) is 0 Å². The predicted octanol–water partition coefficient (Wildman–Crippen LogP) is 4.97. The third kappa shape index (κ3) is 4.00. The van der Waals surface area contributed by atoms with Crippen molar-refractivity contribution in [3.8, 4) is 0 Å². The third-order valence-corrected chi connectivity index (χ3v) is 3.94. The molecular formula is C19H25NO2. The average molecular weight is 299 g/mol. The second-order valence-corrected chi connectivity index (χ2v) is 5.54. The van der Waals surface area contributed by atoms with Crippen LogP contribution in [0.2, 0.25) is 0 Å². The highest BCUT2D eigenvalue weighted by Gasteiger charge is 2.06. The second kappa shape index (κ2) is 7.83. The van der Waals surface area contributed by atoms with Crippen LogP contribution in [0.25, 0.3) is 17.0 Å². The standard InChI is InChI=1S/C19H25NO2/c1-4-15(3)20-13-12-17-11-10-16(14-18(17)20)8-6-7-9-19(21)22-5-2/h6,8,10-15H,4-5,7,9H2,1-3H3/b8-6+. The smallest absolute Gasteiger partial charge is 0.306 e. The number of ether oxygens (including phenoxy) is 1. The van der Waals surface area contributed by atoms with E-state index >= 15 is 0 Å². The Balaban J connectivity index is 2.07. The van der Waals surface area contributed by atoms with Crippen LogP contribution >= 0.6 is 0 Å². The van der Waals surface area contributed by atoms with E-state index in [1.807, 2.05) is 13.0 Å². The van der Waals surface area contributed by atoms with Crippen molar-refractivity contribution in [2.75, 3.05) is 6.61 Å². The molecule has 0 saturated heterocycles. The molecule has 0 saturated carbocycles. The Morgan fingerprint density at radius 2 is 2.14 bits per heavy atom. The van der Waals surface area contributed by atoms with Crippen LogP contribution < -0.4 is 0 Å². The number of hydrogen-bond donors (Lipinski definition) is 0. The van der Waals surface area contributed by atoms with Gasteiger partial charge < -0.3 is 9.30 Å². The first-order valence-electron chi connectivity index (χ1n) is 8.08. The number of rotatable bonds is 7. The predicted molar refractivity (Wildman–Crippen MR) is 91.8 cm³/mol. The molecule has 3 heteroatoms. The number of hydrogen-bond acceptors (Lipinski definition) is 2. The van der Waals surface area contributed by atoms with Crippen LogP contribution in [0.1, 0.15) is 51.6 Å². The van der Waals surface area contributed by atoms with Crippen LogP contribution in [0.3, 0.4) is 0 Å². The molecule has 0 bridgehead atoms. The van der Waals surface area contributed by atoms with Crippen molar-refractivity contribution in [3.63, 3.8) is 0 Å². The van der Waals surface area contributed by atoms with E-state index in [1.165, 1.54) is 16.5 Å². The minimum absolute atomic E-state index is 0.131. The van der Waals surface area contributed by atoms with E-state index in [0.717, 1.165) is 6.42 Å². The maximum Gasteiger partial charge on any atom is 0.306 e. The van der Waals surface area contributed by atoms with Crippen LogP contribution in [0.5, 0.6) is 0 Å². The molecule has 0 aliphatic carbocycles. The van der Waals surface area contributed by atoms with Gasteiger partial charge in [-0.3, -0.25) is 4.79 Å². The maximum absolute atomic E-state index is 11.3. The van der Waals surface area contributed by atoms with Crippen LogP contribution in [0.4, 0.5) is 0 Å². The zero-order chi connectivity index (χ0) is 15.9. The van der Waals surface area contributed by atoms with Crippen molar-refractivity contribution in [2.45, 2.75) is 46.1 Å². The summed E-state index contributed by atoms with van der Waals surface area (Å²) in [4.78, 5) is 11.3. The number of aromatic nitrogens is 1. The summed E-state index contributed by atoms with van der Waals surface area (Å²) in [5.41, 5.74) is 2.43. The molecule has 0 aliphatic heterocycles. The van der Waals surface area contributed by atoms with Crippen molar-refractivity contribution < 1.29 is 9.53 Å². The first kappa shape index (κ1) is 16.3. The van der Waals surface area contributed by atoms with Gasteiger partial charge in [0.15, 0.2) is 0 Å². The molecule has 3 nitrogen and oxygen atoms in total. The van der Waals surface area contributed by atoms with Crippen LogP contribution in [-0.4, -0.2) is 17.1 Å². The Morgan fingerprint density at radius 1 is 1.32 bits per heavy atom. The Bertz CT molecular complexity index is 654. The third-order valence-electron chi connectivity index (χ3n) is 3.94. The molecule has 1 aromatic heterocycles. The van der Waals surface area contributed by atoms with Crippen LogP contribution in [-0.2, 0) is 9.53 Å². The van der Waals surface area contributed by atoms with Gasteiger partial charge in [0.2, 0.25) is 0 Å². The van der Waals surface area contributed by atoms with E-state index in [1.54, 1.807) is 0 Å². The monoisotopic (exact) mass is 299 g/mol. The molecule has 0 N–H and O–H groups in total. The minimum Gasteiger partial charge on any atom is -0.466 e. The number of nitrogens with zero attached hydrogens (tertiary/aromatic N) is 1. The fourth-order valence-electron chi connectivity index (χ4n) is 2.50. The Morgan fingerprint density at radius 3 is 2.86 bits per heavy atom. The van der Waals surface area contributed by atoms with Crippen LogP contribution in [0, 0.1) is 0 Å². The average Bonchev–Trinajstić information content (AvgIpc) is 2.94. The van der Waals surface area contributed by atoms with Crippen molar-refractivity contribution in [3.05, 3.63) is 42.1 Å². The summed E-state index contributed by atoms with van der Waals surface area (Å²) in [7, 11) is 0. The van der Waals surface area contributed by atoms with E-state index in [9.17, 15) is 4.79 Å². The molecule has 1 atom stereocenters. The largest absolute Gasteiger partial charge is 0.466 e. The van der Waals surface area contributed by atoms with Gasteiger partial charge in [-0.1, -0.05) is 31.2 Å². The molecule has 1 unspecified atom stereocenters. The number of fused-ring (bicyclic) bond motifs is 1. The number of allylic oxidation sites excluding steroid dienone is 1. The number of carbonyl (C=O) groups is 1. The fraction of sp³-hybridized carbons (Fsp3) is 0.421. The first-order chi connectivity index (χ1) is 10.7. The highest BCUT2D eigenvalue weighted by molar-refractivity contribution is 5.82. The SMILES string of the molecule is CCOC(=O)CC/C=C/c1ccc2ccn(C(C)CC)c2c1. The van der Waals surface area contributed by atoms with Crippen molar-refractivity contribution >= 4 is 22.9 Å². The molecule has 0 aliphatic rings. The van der Waals surface area contributed by atoms with Crippen molar-refractivity contribution in [1.82, 2.24) is 4.57 Å². The Labute approximate surface area is 132 Å². The topological polar surface area (TPSA) is 31.2 Å². The molecule has 0 spiro atoms. The van der Waals surface area contributed by atoms with E-state index in [0.29, 0.717) is 25.5 Å². The van der Waals surface area contributed by atoms with E-state index in [4.69, 9.17) is 4.74 Å². The minimum atomic E-state index is -0.131. The summed E-state index contributed by atoms with van der Waals surface area (Å²) in [6, 6.07) is 9.14. The van der Waals surface area contributed by atoms with E-state index in [-0.39, 0.29) is 5.97 Å². The summed E-state index contributed by atoms with van der Waals surface area (Å²) < 4.78 is 7.24. The summed E-state index contributed by atoms with van der Waals surface area (Å²) in [5.74, 6) is -0.131. The fourth-order valence-corrected chi connectivity index (χ4v) is 2.50. The van der Waals surface area contributed by atoms with Gasteiger partial charge in [0, 0.05) is 24.2 Å². The van der Waals surface area contributed by atoms with Gasteiger partial charge in [-0.2, -0.15) is 0 Å². The quantitative estimate of drug-likeness (QED) is 0.676. The molecule has 1 heterocycles. The molecule has 2 aromatic rings. The summed E-state index contributed by atoms with van der Waals surface area (Å²) in [6.45, 7) is 6.72. The number of esters is 1. The van der Waals surface area contributed by atoms with Crippen molar-refractivity contribution in [2.24, 2.45) is 0 Å². The molecule has 22 heavy (non-hydrogen) atoms. The summed E-state index contributed by atoms with van der Waals surface area (Å²) in [5, 5.41) is 1.27. The Kier molecular flexibility index (Phi) is 5.82.